The summed E-state index contributed by atoms with van der Waals surface area (Å²) in [6.07, 6.45) is 1.14. The molecular formula is C12H19NO4S. The Bertz CT molecular complexity index is 341. The monoisotopic (exact) mass is 273 g/mol. The molecule has 2 aliphatic heterocycles. The van der Waals surface area contributed by atoms with Crippen LogP contribution in [0.5, 0.6) is 0 Å². The van der Waals surface area contributed by atoms with Gasteiger partial charge in [0.25, 0.3) is 5.91 Å². The van der Waals surface area contributed by atoms with Crippen LogP contribution in [-0.4, -0.2) is 51.8 Å². The van der Waals surface area contributed by atoms with Crippen molar-refractivity contribution in [2.75, 3.05) is 12.4 Å². The zero-order chi connectivity index (χ0) is 13.3. The van der Waals surface area contributed by atoms with Crippen molar-refractivity contribution in [1.29, 1.82) is 0 Å². The number of carbonyl (C=O) groups is 2. The number of rotatable bonds is 3. The minimum atomic E-state index is -0.919. The third kappa shape index (κ3) is 2.49. The SMILES string of the molecule is CC(C)C1SCC(C(=O)O)N1C(=O)C1CCCO1. The van der Waals surface area contributed by atoms with E-state index in [9.17, 15) is 14.7 Å². The van der Waals surface area contributed by atoms with Crippen LogP contribution in [0.3, 0.4) is 0 Å². The Morgan fingerprint density at radius 1 is 1.44 bits per heavy atom. The Hall–Kier alpha value is -0.750. The predicted octanol–water partition coefficient (Wildman–Crippen LogP) is 1.18. The quantitative estimate of drug-likeness (QED) is 0.836. The van der Waals surface area contributed by atoms with Gasteiger partial charge in [0.15, 0.2) is 0 Å². The minimum absolute atomic E-state index is 0.0530. The average Bonchev–Trinajstić information content (AvgIpc) is 2.97. The molecule has 0 aromatic carbocycles. The molecule has 18 heavy (non-hydrogen) atoms. The fourth-order valence-corrected chi connectivity index (χ4v) is 3.93. The fraction of sp³-hybridized carbons (Fsp3) is 0.833. The number of carboxylic acids is 1. The van der Waals surface area contributed by atoms with Crippen LogP contribution < -0.4 is 0 Å². The number of ether oxygens (including phenoxy) is 1. The lowest BCUT2D eigenvalue weighted by atomic mass is 10.1. The zero-order valence-electron chi connectivity index (χ0n) is 10.7. The van der Waals surface area contributed by atoms with Crippen molar-refractivity contribution in [3.63, 3.8) is 0 Å². The molecule has 0 aromatic heterocycles. The number of carbonyl (C=O) groups excluding carboxylic acids is 1. The molecule has 6 heteroatoms. The summed E-state index contributed by atoms with van der Waals surface area (Å²) in [4.78, 5) is 25.2. The normalized spacial score (nSPS) is 32.2. The van der Waals surface area contributed by atoms with E-state index in [0.29, 0.717) is 18.8 Å². The molecule has 5 nitrogen and oxygen atoms in total. The molecule has 0 spiro atoms. The Balaban J connectivity index is 2.17. The molecule has 3 unspecified atom stereocenters. The van der Waals surface area contributed by atoms with Crippen molar-refractivity contribution in [2.45, 2.75) is 44.2 Å². The van der Waals surface area contributed by atoms with Gasteiger partial charge < -0.3 is 14.7 Å². The Kier molecular flexibility index (Phi) is 4.17. The number of hydrogen-bond acceptors (Lipinski definition) is 4. The van der Waals surface area contributed by atoms with E-state index in [2.05, 4.69) is 0 Å². The lowest BCUT2D eigenvalue weighted by Gasteiger charge is -2.31. The molecule has 1 N–H and O–H groups in total. The molecule has 1 amide bonds. The van der Waals surface area contributed by atoms with Gasteiger partial charge in [-0.05, 0) is 18.8 Å². The standard InChI is InChI=1S/C12H19NO4S/c1-7(2)11-13(8(6-18-11)12(15)16)10(14)9-4-3-5-17-9/h7-9,11H,3-6H2,1-2H3,(H,15,16). The number of nitrogens with zero attached hydrogens (tertiary/aromatic N) is 1. The van der Waals surface area contributed by atoms with Gasteiger partial charge in [-0.2, -0.15) is 0 Å². The van der Waals surface area contributed by atoms with E-state index in [4.69, 9.17) is 4.74 Å². The van der Waals surface area contributed by atoms with Gasteiger partial charge in [0.05, 0.1) is 5.37 Å². The lowest BCUT2D eigenvalue weighted by molar-refractivity contribution is -0.154. The first-order valence-corrected chi connectivity index (χ1v) is 7.35. The van der Waals surface area contributed by atoms with Crippen LogP contribution in [0.2, 0.25) is 0 Å². The second-order valence-electron chi connectivity index (χ2n) is 5.07. The van der Waals surface area contributed by atoms with Crippen molar-refractivity contribution >= 4 is 23.6 Å². The summed E-state index contributed by atoms with van der Waals surface area (Å²) in [5, 5.41) is 9.17. The summed E-state index contributed by atoms with van der Waals surface area (Å²) in [6.45, 7) is 4.62. The molecule has 2 rings (SSSR count). The summed E-state index contributed by atoms with van der Waals surface area (Å²) in [6, 6.07) is -0.709. The molecule has 3 atom stereocenters. The third-order valence-corrected chi connectivity index (χ3v) is 4.97. The van der Waals surface area contributed by atoms with Crippen molar-refractivity contribution in [2.24, 2.45) is 5.92 Å². The fourth-order valence-electron chi connectivity index (χ4n) is 2.45. The van der Waals surface area contributed by atoms with Gasteiger partial charge in [0.1, 0.15) is 12.1 Å². The molecule has 2 aliphatic rings. The van der Waals surface area contributed by atoms with Crippen molar-refractivity contribution in [3.05, 3.63) is 0 Å². The average molecular weight is 273 g/mol. The molecule has 0 aromatic rings. The van der Waals surface area contributed by atoms with Crippen LogP contribution in [0.4, 0.5) is 0 Å². The predicted molar refractivity (Wildman–Crippen MR) is 68.3 cm³/mol. The van der Waals surface area contributed by atoms with Gasteiger partial charge in [-0.3, -0.25) is 4.79 Å². The molecular weight excluding hydrogens is 254 g/mol. The van der Waals surface area contributed by atoms with Gasteiger partial charge >= 0.3 is 5.97 Å². The number of carboxylic acid groups (broad SMARTS) is 1. The van der Waals surface area contributed by atoms with E-state index in [0.717, 1.165) is 6.42 Å². The molecule has 0 aliphatic carbocycles. The van der Waals surface area contributed by atoms with E-state index in [1.165, 1.54) is 4.90 Å². The maximum atomic E-state index is 12.4. The molecule has 0 radical (unpaired) electrons. The van der Waals surface area contributed by atoms with Crippen molar-refractivity contribution in [3.8, 4) is 0 Å². The highest BCUT2D eigenvalue weighted by atomic mass is 32.2. The number of hydrogen-bond donors (Lipinski definition) is 1. The largest absolute Gasteiger partial charge is 0.480 e. The highest BCUT2D eigenvalue weighted by Crippen LogP contribution is 2.35. The lowest BCUT2D eigenvalue weighted by Crippen LogP contribution is -2.50. The van der Waals surface area contributed by atoms with Gasteiger partial charge in [-0.1, -0.05) is 13.8 Å². The number of amides is 1. The molecule has 0 bridgehead atoms. The number of thioether (sulfide) groups is 1. The second-order valence-corrected chi connectivity index (χ2v) is 6.22. The number of aliphatic carboxylic acids is 1. The summed E-state index contributed by atoms with van der Waals surface area (Å²) >= 11 is 1.55. The van der Waals surface area contributed by atoms with Gasteiger partial charge in [-0.15, -0.1) is 11.8 Å². The Morgan fingerprint density at radius 3 is 2.67 bits per heavy atom. The van der Waals surface area contributed by atoms with Crippen LogP contribution in [-0.2, 0) is 14.3 Å². The molecule has 2 saturated heterocycles. The highest BCUT2D eigenvalue weighted by Gasteiger charge is 2.45. The summed E-state index contributed by atoms with van der Waals surface area (Å²) in [7, 11) is 0. The van der Waals surface area contributed by atoms with Gasteiger partial charge in [0, 0.05) is 12.4 Å². The van der Waals surface area contributed by atoms with E-state index in [1.807, 2.05) is 13.8 Å². The van der Waals surface area contributed by atoms with E-state index in [1.54, 1.807) is 11.8 Å². The van der Waals surface area contributed by atoms with E-state index < -0.39 is 18.1 Å². The van der Waals surface area contributed by atoms with Gasteiger partial charge in [0.2, 0.25) is 0 Å². The van der Waals surface area contributed by atoms with Crippen molar-refractivity contribution < 1.29 is 19.4 Å². The Morgan fingerprint density at radius 2 is 2.17 bits per heavy atom. The Labute approximate surface area is 111 Å². The van der Waals surface area contributed by atoms with Crippen LogP contribution in [0, 0.1) is 5.92 Å². The smallest absolute Gasteiger partial charge is 0.327 e. The third-order valence-electron chi connectivity index (χ3n) is 3.35. The summed E-state index contributed by atoms with van der Waals surface area (Å²) in [5.74, 6) is -0.360. The first kappa shape index (κ1) is 13.7. The van der Waals surface area contributed by atoms with Crippen LogP contribution in [0.25, 0.3) is 0 Å². The minimum Gasteiger partial charge on any atom is -0.480 e. The molecule has 102 valence electrons. The molecule has 0 saturated carbocycles. The molecule has 2 heterocycles. The second kappa shape index (κ2) is 5.48. The summed E-state index contributed by atoms with van der Waals surface area (Å²) in [5.41, 5.74) is 0. The van der Waals surface area contributed by atoms with Crippen LogP contribution in [0.1, 0.15) is 26.7 Å². The zero-order valence-corrected chi connectivity index (χ0v) is 11.5. The maximum absolute atomic E-state index is 12.4. The van der Waals surface area contributed by atoms with Crippen molar-refractivity contribution in [1.82, 2.24) is 4.90 Å². The maximum Gasteiger partial charge on any atom is 0.327 e. The van der Waals surface area contributed by atoms with Crippen LogP contribution in [0.15, 0.2) is 0 Å². The van der Waals surface area contributed by atoms with Crippen LogP contribution >= 0.6 is 11.8 Å². The van der Waals surface area contributed by atoms with Gasteiger partial charge in [-0.25, -0.2) is 4.79 Å². The van der Waals surface area contributed by atoms with E-state index in [-0.39, 0.29) is 17.2 Å². The van der Waals surface area contributed by atoms with E-state index >= 15 is 0 Å². The molecule has 2 fully saturated rings. The first-order chi connectivity index (χ1) is 8.52. The summed E-state index contributed by atoms with van der Waals surface area (Å²) < 4.78 is 5.39. The highest BCUT2D eigenvalue weighted by molar-refractivity contribution is 8.00. The first-order valence-electron chi connectivity index (χ1n) is 6.30. The topological polar surface area (TPSA) is 66.8 Å².